The van der Waals surface area contributed by atoms with Crippen LogP contribution in [0.2, 0.25) is 0 Å². The van der Waals surface area contributed by atoms with Crippen molar-refractivity contribution in [3.63, 3.8) is 0 Å². The second kappa shape index (κ2) is 9.42. The minimum absolute atomic E-state index is 0.0591. The lowest BCUT2D eigenvalue weighted by molar-refractivity contribution is -0.137. The highest BCUT2D eigenvalue weighted by Gasteiger charge is 2.39. The molecule has 11 heteroatoms. The summed E-state index contributed by atoms with van der Waals surface area (Å²) in [4.78, 5) is 26.6. The van der Waals surface area contributed by atoms with E-state index in [1.807, 2.05) is 13.8 Å². The lowest BCUT2D eigenvalue weighted by Gasteiger charge is -2.29. The maximum absolute atomic E-state index is 13.3. The molecule has 1 amide bonds. The summed E-state index contributed by atoms with van der Waals surface area (Å²) >= 11 is 0. The number of benzene rings is 1. The van der Waals surface area contributed by atoms with Crippen molar-refractivity contribution < 1.29 is 31.6 Å². The molecule has 6 nitrogen and oxygen atoms in total. The van der Waals surface area contributed by atoms with Gasteiger partial charge in [-0.1, -0.05) is 13.8 Å². The zero-order valence-corrected chi connectivity index (χ0v) is 18.2. The highest BCUT2D eigenvalue weighted by molar-refractivity contribution is 5.99. The molecule has 2 aliphatic rings. The van der Waals surface area contributed by atoms with Gasteiger partial charge in [0.25, 0.3) is 5.92 Å². The Balaban J connectivity index is 0.00000149. The fourth-order valence-corrected chi connectivity index (χ4v) is 3.36. The summed E-state index contributed by atoms with van der Waals surface area (Å²) in [7, 11) is 0. The van der Waals surface area contributed by atoms with Crippen LogP contribution >= 0.6 is 0 Å². The largest absolute Gasteiger partial charge is 0.416 e. The van der Waals surface area contributed by atoms with Gasteiger partial charge in [0.2, 0.25) is 12.1 Å². The monoisotopic (exact) mass is 470 g/mol. The van der Waals surface area contributed by atoms with Crippen LogP contribution in [-0.2, 0) is 28.8 Å². The predicted octanol–water partition coefficient (Wildman–Crippen LogP) is 4.87. The van der Waals surface area contributed by atoms with Gasteiger partial charge in [-0.25, -0.2) is 24.1 Å². The standard InChI is InChI=1S/C20H17F5N4O2.C2H6/c1-19(21,22)18-27-17(28-31-18)12-2-5-14(26-9-12)10-29-15-6-4-13(20(23,24)25)8-11(15)3-7-16(29)30;1-2/h2,4-6,8-9,18H,3,7,10H2,1H3,(H,27,28);1-2H3. The number of hydrogen-bond acceptors (Lipinski definition) is 5. The van der Waals surface area contributed by atoms with Gasteiger partial charge in [-0.3, -0.25) is 9.78 Å². The van der Waals surface area contributed by atoms with Gasteiger partial charge >= 0.3 is 6.18 Å². The molecule has 0 radical (unpaired) electrons. The molecule has 0 saturated carbocycles. The minimum Gasteiger partial charge on any atom is -0.306 e. The number of fused-ring (bicyclic) bond motifs is 1. The molecule has 2 aliphatic heterocycles. The first-order valence-electron chi connectivity index (χ1n) is 10.4. The first-order valence-corrected chi connectivity index (χ1v) is 10.4. The van der Waals surface area contributed by atoms with Crippen molar-refractivity contribution in [3.05, 3.63) is 58.9 Å². The van der Waals surface area contributed by atoms with E-state index in [2.05, 4.69) is 15.5 Å². The van der Waals surface area contributed by atoms with Crippen LogP contribution in [0.1, 0.15) is 49.6 Å². The number of alkyl halides is 5. The number of aromatic nitrogens is 1. The Morgan fingerprint density at radius 2 is 1.85 bits per heavy atom. The van der Waals surface area contributed by atoms with Crippen molar-refractivity contribution in [2.75, 3.05) is 4.90 Å². The van der Waals surface area contributed by atoms with Crippen LogP contribution in [-0.4, -0.2) is 28.9 Å². The number of carbonyl (C=O) groups is 1. The number of aliphatic imine (C=N–C) groups is 1. The van der Waals surface area contributed by atoms with Gasteiger partial charge in [0, 0.05) is 30.8 Å². The quantitative estimate of drug-likeness (QED) is 0.648. The molecular weight excluding hydrogens is 447 g/mol. The maximum atomic E-state index is 13.3. The molecule has 0 saturated heterocycles. The number of hydroxylamine groups is 1. The highest BCUT2D eigenvalue weighted by atomic mass is 19.4. The fourth-order valence-electron chi connectivity index (χ4n) is 3.36. The summed E-state index contributed by atoms with van der Waals surface area (Å²) in [5.74, 6) is -3.28. The van der Waals surface area contributed by atoms with E-state index in [0.29, 0.717) is 29.4 Å². The summed E-state index contributed by atoms with van der Waals surface area (Å²) < 4.78 is 65.5. The Morgan fingerprint density at radius 1 is 1.12 bits per heavy atom. The number of anilines is 1. The van der Waals surface area contributed by atoms with E-state index in [1.165, 1.54) is 17.2 Å². The lowest BCUT2D eigenvalue weighted by Crippen LogP contribution is -2.35. The Bertz CT molecular complexity index is 1030. The lowest BCUT2D eigenvalue weighted by atomic mass is 9.98. The third kappa shape index (κ3) is 5.47. The second-order valence-corrected chi connectivity index (χ2v) is 7.37. The number of amidine groups is 1. The van der Waals surface area contributed by atoms with Gasteiger partial charge < -0.3 is 4.90 Å². The summed E-state index contributed by atoms with van der Waals surface area (Å²) in [5.41, 5.74) is 3.33. The molecule has 1 aromatic heterocycles. The molecule has 0 aliphatic carbocycles. The molecular formula is C22H23F5N4O2. The fraction of sp³-hybridized carbons (Fsp3) is 0.409. The number of carbonyl (C=O) groups excluding carboxylic acids is 1. The molecule has 3 heterocycles. The second-order valence-electron chi connectivity index (χ2n) is 7.37. The number of nitrogens with one attached hydrogen (secondary N) is 1. The van der Waals surface area contributed by atoms with Gasteiger partial charge in [0.15, 0.2) is 5.84 Å². The number of pyridine rings is 1. The average molecular weight is 470 g/mol. The van der Waals surface area contributed by atoms with Crippen molar-refractivity contribution in [2.24, 2.45) is 4.99 Å². The van der Waals surface area contributed by atoms with Crippen LogP contribution in [0.25, 0.3) is 0 Å². The predicted molar refractivity (Wildman–Crippen MR) is 112 cm³/mol. The third-order valence-corrected chi connectivity index (χ3v) is 4.97. The van der Waals surface area contributed by atoms with Gasteiger partial charge in [-0.2, -0.15) is 13.2 Å². The van der Waals surface area contributed by atoms with Crippen LogP contribution in [0.15, 0.2) is 41.5 Å². The van der Waals surface area contributed by atoms with Crippen molar-refractivity contribution >= 4 is 17.4 Å². The van der Waals surface area contributed by atoms with E-state index in [4.69, 9.17) is 4.84 Å². The Morgan fingerprint density at radius 3 is 2.42 bits per heavy atom. The Kier molecular flexibility index (Phi) is 7.01. The molecule has 33 heavy (non-hydrogen) atoms. The van der Waals surface area contributed by atoms with E-state index in [-0.39, 0.29) is 31.1 Å². The first-order chi connectivity index (χ1) is 15.5. The van der Waals surface area contributed by atoms with Crippen LogP contribution in [0.4, 0.5) is 27.6 Å². The van der Waals surface area contributed by atoms with Crippen LogP contribution in [0.3, 0.4) is 0 Å². The Labute approximate surface area is 187 Å². The van der Waals surface area contributed by atoms with Gasteiger partial charge in [0.05, 0.1) is 17.8 Å². The molecule has 178 valence electrons. The molecule has 1 atom stereocenters. The Hall–Kier alpha value is -3.08. The van der Waals surface area contributed by atoms with Crippen molar-refractivity contribution in [1.29, 1.82) is 0 Å². The summed E-state index contributed by atoms with van der Waals surface area (Å²) in [5, 5.41) is 0. The van der Waals surface area contributed by atoms with E-state index in [1.54, 1.807) is 12.1 Å². The smallest absolute Gasteiger partial charge is 0.306 e. The van der Waals surface area contributed by atoms with Crippen molar-refractivity contribution in [1.82, 2.24) is 10.5 Å². The number of aryl methyl sites for hydroxylation is 1. The molecule has 1 N–H and O–H groups in total. The topological polar surface area (TPSA) is 66.8 Å². The summed E-state index contributed by atoms with van der Waals surface area (Å²) in [6, 6.07) is 6.47. The SMILES string of the molecule is CC.CC(F)(F)C1N=C(c2ccc(CN3C(=O)CCc4cc(C(F)(F)F)ccc43)nc2)NO1. The van der Waals surface area contributed by atoms with Crippen molar-refractivity contribution in [3.8, 4) is 0 Å². The molecule has 0 fully saturated rings. The zero-order chi connectivity index (χ0) is 24.4. The molecule has 1 aromatic carbocycles. The minimum atomic E-state index is -4.46. The molecule has 0 bridgehead atoms. The van der Waals surface area contributed by atoms with E-state index >= 15 is 0 Å². The third-order valence-electron chi connectivity index (χ3n) is 4.97. The van der Waals surface area contributed by atoms with E-state index in [0.717, 1.165) is 12.1 Å². The van der Waals surface area contributed by atoms with Crippen LogP contribution in [0, 0.1) is 0 Å². The molecule has 2 aromatic rings. The van der Waals surface area contributed by atoms with Crippen molar-refractivity contribution in [2.45, 2.75) is 58.5 Å². The number of halogens is 5. The maximum Gasteiger partial charge on any atom is 0.416 e. The van der Waals surface area contributed by atoms with E-state index < -0.39 is 23.9 Å². The van der Waals surface area contributed by atoms with Crippen LogP contribution in [0.5, 0.6) is 0 Å². The normalized spacial score (nSPS) is 18.2. The van der Waals surface area contributed by atoms with E-state index in [9.17, 15) is 26.7 Å². The van der Waals surface area contributed by atoms with Gasteiger partial charge in [0.1, 0.15) is 0 Å². The van der Waals surface area contributed by atoms with Gasteiger partial charge in [-0.15, -0.1) is 0 Å². The molecule has 1 unspecified atom stereocenters. The number of amides is 1. The first kappa shape index (κ1) is 24.6. The number of hydrogen-bond donors (Lipinski definition) is 1. The van der Waals surface area contributed by atoms with Gasteiger partial charge in [-0.05, 0) is 42.3 Å². The number of nitrogens with zero attached hydrogens (tertiary/aromatic N) is 3. The zero-order valence-electron chi connectivity index (χ0n) is 18.2. The highest BCUT2D eigenvalue weighted by Crippen LogP contribution is 2.36. The molecule has 0 spiro atoms. The number of rotatable bonds is 4. The summed E-state index contributed by atoms with van der Waals surface area (Å²) in [6.45, 7) is 4.75. The average Bonchev–Trinajstić information content (AvgIpc) is 3.28. The van der Waals surface area contributed by atoms with Crippen LogP contribution < -0.4 is 10.4 Å². The summed E-state index contributed by atoms with van der Waals surface area (Å²) in [6.07, 6.45) is -4.39. The molecule has 4 rings (SSSR count).